The lowest BCUT2D eigenvalue weighted by Gasteiger charge is -2.49. The number of unbranched alkanes of at least 4 members (excludes halogenated alkanes) is 8. The second-order valence-electron chi connectivity index (χ2n) is 8.08. The van der Waals surface area contributed by atoms with Gasteiger partial charge in [0.15, 0.2) is 0 Å². The van der Waals surface area contributed by atoms with E-state index in [1.54, 1.807) is 0 Å². The highest BCUT2D eigenvalue weighted by Gasteiger charge is 2.58. The molecule has 0 saturated carbocycles. The van der Waals surface area contributed by atoms with Crippen molar-refractivity contribution in [2.75, 3.05) is 19.8 Å². The smallest absolute Gasteiger partial charge is 0.371 e. The first-order valence-electron chi connectivity index (χ1n) is 12.5. The first-order chi connectivity index (χ1) is 13.6. The predicted octanol–water partition coefficient (Wildman–Crippen LogP) is 8.10. The van der Waals surface area contributed by atoms with Gasteiger partial charge in [0, 0.05) is 19.8 Å². The molecule has 0 aromatic heterocycles. The Labute approximate surface area is 183 Å². The van der Waals surface area contributed by atoms with Crippen LogP contribution in [0, 0.1) is 0 Å². The molecule has 0 spiro atoms. The molecule has 178 valence electrons. The molecule has 1 atom stereocenters. The molecule has 0 radical (unpaired) electrons. The molecular formula is C24H53FO3Si. The van der Waals surface area contributed by atoms with Gasteiger partial charge in [-0.25, -0.2) is 0 Å². The van der Waals surface area contributed by atoms with E-state index in [4.69, 9.17) is 13.6 Å². The van der Waals surface area contributed by atoms with Crippen molar-refractivity contribution in [2.45, 2.75) is 136 Å². The van der Waals surface area contributed by atoms with E-state index in [0.29, 0.717) is 0 Å². The highest BCUT2D eigenvalue weighted by molar-refractivity contribution is 6.70. The van der Waals surface area contributed by atoms with E-state index < -0.39 is 8.56 Å². The zero-order valence-corrected chi connectivity index (χ0v) is 21.7. The molecule has 0 aromatic carbocycles. The lowest BCUT2D eigenvalue weighted by molar-refractivity contribution is -0.0426. The van der Waals surface area contributed by atoms with E-state index in [1.165, 1.54) is 70.6 Å². The highest BCUT2D eigenvalue weighted by Crippen LogP contribution is 2.42. The van der Waals surface area contributed by atoms with Gasteiger partial charge in [0.1, 0.15) is 5.22 Å². The summed E-state index contributed by atoms with van der Waals surface area (Å²) in [5.74, 6) is 0. The lowest BCUT2D eigenvalue weighted by Crippen LogP contribution is -2.65. The minimum Gasteiger partial charge on any atom is -0.393 e. The molecule has 29 heavy (non-hydrogen) atoms. The molecule has 0 aliphatic carbocycles. The number of rotatable bonds is 15. The Bertz CT molecular complexity index is 321. The summed E-state index contributed by atoms with van der Waals surface area (Å²) in [6.45, 7) is 15.2. The van der Waals surface area contributed by atoms with Crippen molar-refractivity contribution < 1.29 is 18.3 Å². The maximum absolute atomic E-state index is 6.16. The van der Waals surface area contributed by atoms with Crippen LogP contribution in [0.2, 0.25) is 6.04 Å². The maximum Gasteiger partial charge on any atom is 0.371 e. The number of hydrogen-bond acceptors (Lipinski definition) is 3. The first kappa shape index (κ1) is 31.2. The molecule has 0 bridgehead atoms. The monoisotopic (exact) mass is 436 g/mol. The minimum absolute atomic E-state index is 0. The second-order valence-corrected chi connectivity index (χ2v) is 11.6. The molecule has 3 nitrogen and oxygen atoms in total. The summed E-state index contributed by atoms with van der Waals surface area (Å²) >= 11 is 0. The Balaban J connectivity index is 0. The van der Waals surface area contributed by atoms with Gasteiger partial charge in [-0.1, -0.05) is 91.4 Å². The van der Waals surface area contributed by atoms with Crippen molar-refractivity contribution >= 4 is 8.56 Å². The van der Waals surface area contributed by atoms with Gasteiger partial charge in [-0.05, 0) is 39.7 Å². The van der Waals surface area contributed by atoms with Crippen molar-refractivity contribution in [1.29, 1.82) is 0 Å². The molecule has 1 unspecified atom stereocenters. The Kier molecular flexibility index (Phi) is 21.5. The van der Waals surface area contributed by atoms with Crippen LogP contribution < -0.4 is 0 Å². The fraction of sp³-hybridized carbons (Fsp3) is 1.00. The van der Waals surface area contributed by atoms with E-state index in [9.17, 15) is 0 Å². The van der Waals surface area contributed by atoms with Gasteiger partial charge in [0.25, 0.3) is 0 Å². The van der Waals surface area contributed by atoms with Crippen molar-refractivity contribution in [1.82, 2.24) is 0 Å². The summed E-state index contributed by atoms with van der Waals surface area (Å²) < 4.78 is 18.5. The van der Waals surface area contributed by atoms with Crippen molar-refractivity contribution in [3.63, 3.8) is 0 Å². The highest BCUT2D eigenvalue weighted by atomic mass is 28.4. The third kappa shape index (κ3) is 11.3. The molecular weight excluding hydrogens is 383 g/mol. The Morgan fingerprint density at radius 2 is 1.14 bits per heavy atom. The van der Waals surface area contributed by atoms with Crippen LogP contribution in [0.1, 0.15) is 125 Å². The summed E-state index contributed by atoms with van der Waals surface area (Å²) in [4.78, 5) is 0. The van der Waals surface area contributed by atoms with E-state index in [1.807, 2.05) is 0 Å². The van der Waals surface area contributed by atoms with Crippen molar-refractivity contribution in [3.8, 4) is 0 Å². The normalized spacial score (nSPS) is 20.5. The summed E-state index contributed by atoms with van der Waals surface area (Å²) in [5.41, 5.74) is 0. The summed E-state index contributed by atoms with van der Waals surface area (Å²) in [5, 5.41) is -0.119. The Hall–Kier alpha value is 0.0269. The van der Waals surface area contributed by atoms with Crippen LogP contribution in [-0.2, 0) is 13.6 Å². The van der Waals surface area contributed by atoms with Crippen LogP contribution in [0.15, 0.2) is 0 Å². The second kappa shape index (κ2) is 20.0. The van der Waals surface area contributed by atoms with Crippen LogP contribution in [0.3, 0.4) is 0 Å². The van der Waals surface area contributed by atoms with Crippen molar-refractivity contribution in [3.05, 3.63) is 0 Å². The van der Waals surface area contributed by atoms with Crippen LogP contribution in [-0.4, -0.2) is 33.6 Å². The molecule has 1 saturated heterocycles. The van der Waals surface area contributed by atoms with Crippen molar-refractivity contribution in [2.24, 2.45) is 0 Å². The maximum atomic E-state index is 6.16. The van der Waals surface area contributed by atoms with Gasteiger partial charge in [0.2, 0.25) is 0 Å². The average Bonchev–Trinajstić information content (AvgIpc) is 2.70. The Morgan fingerprint density at radius 3 is 1.52 bits per heavy atom. The van der Waals surface area contributed by atoms with Gasteiger partial charge in [-0.15, -0.1) is 0 Å². The number of ether oxygens (including phenoxy) is 1. The third-order valence-corrected chi connectivity index (χ3v) is 10.6. The predicted molar refractivity (Wildman–Crippen MR) is 128 cm³/mol. The topological polar surface area (TPSA) is 27.7 Å². The molecule has 1 aliphatic heterocycles. The molecule has 1 fully saturated rings. The molecule has 0 aromatic rings. The van der Waals surface area contributed by atoms with Gasteiger partial charge in [-0.3, -0.25) is 4.70 Å². The largest absolute Gasteiger partial charge is 0.393 e. The lowest BCUT2D eigenvalue weighted by atomic mass is 10.1. The van der Waals surface area contributed by atoms with E-state index in [2.05, 4.69) is 41.5 Å². The molecule has 0 amide bonds. The fourth-order valence-corrected chi connectivity index (χ4v) is 8.95. The molecule has 5 heteroatoms. The SMILES string of the molecule is CCCCCCCCCCC.CCOC1(CC)CCCC[Si]1(OCC)OCC.F. The van der Waals surface area contributed by atoms with Gasteiger partial charge < -0.3 is 13.6 Å². The third-order valence-electron chi connectivity index (χ3n) is 5.98. The van der Waals surface area contributed by atoms with Crippen LogP contribution in [0.5, 0.6) is 0 Å². The van der Waals surface area contributed by atoms with Gasteiger partial charge >= 0.3 is 8.56 Å². The standard InChI is InChI=1S/C13H28O3Si.C11H24.FH/c1-5-13(14-6-2)11-9-10-12-17(13,15-7-3)16-8-4;1-3-5-7-9-11-10-8-6-4-2;/h5-12H2,1-4H3;3-11H2,1-2H3;1H. The number of halogens is 1. The van der Waals surface area contributed by atoms with Crippen LogP contribution in [0.4, 0.5) is 4.70 Å². The molecule has 0 N–H and O–H groups in total. The Morgan fingerprint density at radius 1 is 0.655 bits per heavy atom. The van der Waals surface area contributed by atoms with E-state index >= 15 is 0 Å². The fourth-order valence-electron chi connectivity index (χ4n) is 4.49. The van der Waals surface area contributed by atoms with E-state index in [-0.39, 0.29) is 9.93 Å². The molecule has 1 aliphatic rings. The van der Waals surface area contributed by atoms with Gasteiger partial charge in [0.05, 0.1) is 0 Å². The quantitative estimate of drug-likeness (QED) is 0.192. The zero-order valence-electron chi connectivity index (χ0n) is 20.7. The molecule has 1 rings (SSSR count). The van der Waals surface area contributed by atoms with Gasteiger partial charge in [-0.2, -0.15) is 0 Å². The van der Waals surface area contributed by atoms with Crippen LogP contribution in [0.25, 0.3) is 0 Å². The van der Waals surface area contributed by atoms with E-state index in [0.717, 1.165) is 38.7 Å². The summed E-state index contributed by atoms with van der Waals surface area (Å²) in [7, 11) is -2.21. The summed E-state index contributed by atoms with van der Waals surface area (Å²) in [6, 6.07) is 1.09. The first-order valence-corrected chi connectivity index (χ1v) is 14.6. The number of hydrogen-bond donors (Lipinski definition) is 0. The zero-order chi connectivity index (χ0) is 21.1. The minimum atomic E-state index is -2.21. The summed E-state index contributed by atoms with van der Waals surface area (Å²) in [6.07, 6.45) is 17.5. The molecule has 1 heterocycles. The van der Waals surface area contributed by atoms with Crippen LogP contribution >= 0.6 is 0 Å². The average molecular weight is 437 g/mol.